The van der Waals surface area contributed by atoms with Crippen LogP contribution in [0, 0.1) is 23.2 Å². The summed E-state index contributed by atoms with van der Waals surface area (Å²) in [7, 11) is 0. The lowest BCUT2D eigenvalue weighted by Crippen LogP contribution is -2.36. The Morgan fingerprint density at radius 1 is 1.32 bits per heavy atom. The predicted octanol–water partition coefficient (Wildman–Crippen LogP) is 2.69. The minimum Gasteiger partial charge on any atom is -0.376 e. The van der Waals surface area contributed by atoms with Crippen molar-refractivity contribution in [3.05, 3.63) is 47.7 Å². The summed E-state index contributed by atoms with van der Waals surface area (Å²) in [5.74, 6) is 0.872. The van der Waals surface area contributed by atoms with Crippen LogP contribution >= 0.6 is 0 Å². The molecule has 2 atom stereocenters. The minimum absolute atomic E-state index is 0.178. The van der Waals surface area contributed by atoms with E-state index < -0.39 is 0 Å². The number of nitrogens with one attached hydrogen (secondary N) is 1. The van der Waals surface area contributed by atoms with E-state index in [1.54, 1.807) is 6.20 Å². The summed E-state index contributed by atoms with van der Waals surface area (Å²) >= 11 is 0. The number of carbonyl (C=O) groups excluding carboxylic acids is 1. The molecule has 0 bridgehead atoms. The van der Waals surface area contributed by atoms with E-state index in [0.717, 1.165) is 18.7 Å². The maximum atomic E-state index is 12.2. The Kier molecular flexibility index (Phi) is 5.60. The number of likely N-dealkylation sites (tertiary alicyclic amines) is 1. The Bertz CT molecular complexity index is 564. The number of benzene rings is 1. The number of nitrogens with zero attached hydrogens (tertiary/aromatic N) is 2. The van der Waals surface area contributed by atoms with Crippen LogP contribution in [0.15, 0.2) is 42.1 Å². The standard InChI is InChI=1S/C18H23N3O/c1-14-8-15(2)12-21(11-14)13-17(9-19)18(22)20-10-16-6-4-3-5-7-16/h3-7,13-15H,8,10-12H2,1-2H3,(H,20,22)/b17-13-. The first-order valence-electron chi connectivity index (χ1n) is 7.76. The molecule has 0 aliphatic carbocycles. The molecule has 1 aromatic carbocycles. The molecule has 2 unspecified atom stereocenters. The van der Waals surface area contributed by atoms with Gasteiger partial charge >= 0.3 is 0 Å². The molecular weight excluding hydrogens is 274 g/mol. The number of carbonyl (C=O) groups is 1. The molecule has 1 heterocycles. The molecule has 22 heavy (non-hydrogen) atoms. The van der Waals surface area contributed by atoms with Crippen LogP contribution in [0.1, 0.15) is 25.8 Å². The van der Waals surface area contributed by atoms with Crippen LogP contribution in [0.5, 0.6) is 0 Å². The van der Waals surface area contributed by atoms with E-state index in [-0.39, 0.29) is 11.5 Å². The zero-order valence-electron chi connectivity index (χ0n) is 13.2. The third kappa shape index (κ3) is 4.63. The van der Waals surface area contributed by atoms with Gasteiger partial charge < -0.3 is 10.2 Å². The molecule has 4 nitrogen and oxygen atoms in total. The zero-order chi connectivity index (χ0) is 15.9. The van der Waals surface area contributed by atoms with Crippen LogP contribution < -0.4 is 5.32 Å². The summed E-state index contributed by atoms with van der Waals surface area (Å²) in [6.07, 6.45) is 2.92. The highest BCUT2D eigenvalue weighted by Crippen LogP contribution is 2.21. The van der Waals surface area contributed by atoms with Crippen LogP contribution in [-0.4, -0.2) is 23.9 Å². The van der Waals surface area contributed by atoms with Gasteiger partial charge in [-0.15, -0.1) is 0 Å². The molecule has 1 aromatic rings. The molecule has 0 saturated carbocycles. The van der Waals surface area contributed by atoms with Crippen molar-refractivity contribution in [2.45, 2.75) is 26.8 Å². The predicted molar refractivity (Wildman–Crippen MR) is 86.5 cm³/mol. The molecule has 1 saturated heterocycles. The fraction of sp³-hybridized carbons (Fsp3) is 0.444. The molecule has 1 fully saturated rings. The van der Waals surface area contributed by atoms with E-state index in [1.807, 2.05) is 36.4 Å². The SMILES string of the molecule is CC1CC(C)CN(/C=C(/C#N)C(=O)NCc2ccccc2)C1. The van der Waals surface area contributed by atoms with E-state index in [1.165, 1.54) is 6.42 Å². The van der Waals surface area contributed by atoms with Crippen molar-refractivity contribution < 1.29 is 4.79 Å². The van der Waals surface area contributed by atoms with Crippen molar-refractivity contribution in [2.24, 2.45) is 11.8 Å². The highest BCUT2D eigenvalue weighted by molar-refractivity contribution is 5.97. The third-order valence-corrected chi connectivity index (χ3v) is 3.87. The number of hydrogen-bond acceptors (Lipinski definition) is 3. The monoisotopic (exact) mass is 297 g/mol. The van der Waals surface area contributed by atoms with Gasteiger partial charge in [0, 0.05) is 25.8 Å². The van der Waals surface area contributed by atoms with Gasteiger partial charge in [-0.05, 0) is 23.8 Å². The summed E-state index contributed by atoms with van der Waals surface area (Å²) in [6, 6.07) is 11.7. The summed E-state index contributed by atoms with van der Waals surface area (Å²) in [5.41, 5.74) is 1.20. The number of rotatable bonds is 4. The first kappa shape index (κ1) is 16.1. The van der Waals surface area contributed by atoms with Gasteiger partial charge in [-0.25, -0.2) is 0 Å². The van der Waals surface area contributed by atoms with Crippen molar-refractivity contribution in [3.63, 3.8) is 0 Å². The van der Waals surface area contributed by atoms with Gasteiger partial charge in [0.25, 0.3) is 5.91 Å². The van der Waals surface area contributed by atoms with Crippen LogP contribution in [0.25, 0.3) is 0 Å². The first-order valence-corrected chi connectivity index (χ1v) is 7.76. The van der Waals surface area contributed by atoms with Crippen molar-refractivity contribution in [1.82, 2.24) is 10.2 Å². The Hall–Kier alpha value is -2.28. The quantitative estimate of drug-likeness (QED) is 0.686. The molecule has 1 amide bonds. The molecular formula is C18H23N3O. The molecule has 1 aliphatic heterocycles. The second kappa shape index (κ2) is 7.65. The number of hydrogen-bond donors (Lipinski definition) is 1. The van der Waals surface area contributed by atoms with E-state index in [0.29, 0.717) is 18.4 Å². The molecule has 0 radical (unpaired) electrons. The van der Waals surface area contributed by atoms with E-state index in [9.17, 15) is 10.1 Å². The van der Waals surface area contributed by atoms with Gasteiger partial charge in [-0.3, -0.25) is 4.79 Å². The first-order chi connectivity index (χ1) is 10.6. The fourth-order valence-corrected chi connectivity index (χ4v) is 3.01. The average Bonchev–Trinajstić information content (AvgIpc) is 2.50. The molecule has 0 spiro atoms. The lowest BCUT2D eigenvalue weighted by Gasteiger charge is -2.34. The van der Waals surface area contributed by atoms with Crippen molar-refractivity contribution in [3.8, 4) is 6.07 Å². The highest BCUT2D eigenvalue weighted by atomic mass is 16.1. The Balaban J connectivity index is 1.96. The molecule has 0 aromatic heterocycles. The lowest BCUT2D eigenvalue weighted by atomic mass is 9.92. The Labute approximate surface area is 132 Å². The average molecular weight is 297 g/mol. The van der Waals surface area contributed by atoms with Gasteiger partial charge in [0.1, 0.15) is 11.6 Å². The van der Waals surface area contributed by atoms with Crippen LogP contribution in [0.4, 0.5) is 0 Å². The highest BCUT2D eigenvalue weighted by Gasteiger charge is 2.21. The molecule has 1 N–H and O–H groups in total. The molecule has 1 aliphatic rings. The third-order valence-electron chi connectivity index (χ3n) is 3.87. The largest absolute Gasteiger partial charge is 0.376 e. The number of nitriles is 1. The fourth-order valence-electron chi connectivity index (χ4n) is 3.01. The molecule has 2 rings (SSSR count). The van der Waals surface area contributed by atoms with Crippen LogP contribution in [0.3, 0.4) is 0 Å². The maximum Gasteiger partial charge on any atom is 0.263 e. The maximum absolute atomic E-state index is 12.2. The van der Waals surface area contributed by atoms with Gasteiger partial charge in [-0.2, -0.15) is 5.26 Å². The molecule has 4 heteroatoms. The van der Waals surface area contributed by atoms with Crippen molar-refractivity contribution >= 4 is 5.91 Å². The zero-order valence-corrected chi connectivity index (χ0v) is 13.2. The van der Waals surface area contributed by atoms with Crippen LogP contribution in [-0.2, 0) is 11.3 Å². The minimum atomic E-state index is -0.308. The van der Waals surface area contributed by atoms with Crippen LogP contribution in [0.2, 0.25) is 0 Å². The second-order valence-electron chi connectivity index (χ2n) is 6.22. The van der Waals surface area contributed by atoms with E-state index >= 15 is 0 Å². The summed E-state index contributed by atoms with van der Waals surface area (Å²) in [4.78, 5) is 14.3. The van der Waals surface area contributed by atoms with E-state index in [2.05, 4.69) is 24.1 Å². The molecule has 116 valence electrons. The van der Waals surface area contributed by atoms with Gasteiger partial charge in [-0.1, -0.05) is 44.2 Å². The Morgan fingerprint density at radius 3 is 2.55 bits per heavy atom. The Morgan fingerprint density at radius 2 is 1.95 bits per heavy atom. The smallest absolute Gasteiger partial charge is 0.263 e. The second-order valence-corrected chi connectivity index (χ2v) is 6.22. The number of amides is 1. The normalized spacial score (nSPS) is 22.0. The van der Waals surface area contributed by atoms with Gasteiger partial charge in [0.15, 0.2) is 0 Å². The van der Waals surface area contributed by atoms with Gasteiger partial charge in [0.2, 0.25) is 0 Å². The summed E-state index contributed by atoms with van der Waals surface area (Å²) in [6.45, 7) is 6.66. The summed E-state index contributed by atoms with van der Waals surface area (Å²) < 4.78 is 0. The van der Waals surface area contributed by atoms with E-state index in [4.69, 9.17) is 0 Å². The summed E-state index contributed by atoms with van der Waals surface area (Å²) in [5, 5.41) is 12.1. The van der Waals surface area contributed by atoms with Crippen molar-refractivity contribution in [2.75, 3.05) is 13.1 Å². The topological polar surface area (TPSA) is 56.1 Å². The van der Waals surface area contributed by atoms with Gasteiger partial charge in [0.05, 0.1) is 0 Å². The lowest BCUT2D eigenvalue weighted by molar-refractivity contribution is -0.117. The van der Waals surface area contributed by atoms with Crippen molar-refractivity contribution in [1.29, 1.82) is 5.26 Å². The number of piperidine rings is 1.